The molecule has 2 N–H and O–H groups in total. The van der Waals surface area contributed by atoms with Crippen LogP contribution in [0.5, 0.6) is 0 Å². The van der Waals surface area contributed by atoms with E-state index in [0.29, 0.717) is 11.3 Å². The van der Waals surface area contributed by atoms with Crippen LogP contribution < -0.4 is 14.9 Å². The number of hydrogen-bond acceptors (Lipinski definition) is 4. The lowest BCUT2D eigenvalue weighted by molar-refractivity contribution is -0.125. The molecule has 2 amide bonds. The van der Waals surface area contributed by atoms with Gasteiger partial charge in [0.2, 0.25) is 11.8 Å². The predicted molar refractivity (Wildman–Crippen MR) is 134 cm³/mol. The summed E-state index contributed by atoms with van der Waals surface area (Å²) in [7, 11) is -4.39. The van der Waals surface area contributed by atoms with E-state index < -0.39 is 22.0 Å². The lowest BCUT2D eigenvalue weighted by Crippen LogP contribution is -2.53. The van der Waals surface area contributed by atoms with Crippen molar-refractivity contribution in [2.75, 3.05) is 9.62 Å². The zero-order valence-corrected chi connectivity index (χ0v) is 21.1. The van der Waals surface area contributed by atoms with Gasteiger partial charge in [0, 0.05) is 6.04 Å². The van der Waals surface area contributed by atoms with Crippen LogP contribution in [0.1, 0.15) is 50.5 Å². The first-order valence-corrected chi connectivity index (χ1v) is 13.6. The molecule has 1 fully saturated rings. The quantitative estimate of drug-likeness (QED) is 0.536. The highest BCUT2D eigenvalue weighted by Gasteiger charge is 2.43. The molecule has 7 nitrogen and oxygen atoms in total. The molecule has 4 rings (SSSR count). The number of nitrogens with zero attached hydrogens (tertiary/aromatic N) is 1. The fourth-order valence-electron chi connectivity index (χ4n) is 4.65. The predicted octanol–water partition coefficient (Wildman–Crippen LogP) is 5.05. The third-order valence-electron chi connectivity index (χ3n) is 6.24. The Bertz CT molecular complexity index is 1190. The van der Waals surface area contributed by atoms with E-state index in [1.54, 1.807) is 31.2 Å². The number of carbonyl (C=O) groups is 2. The van der Waals surface area contributed by atoms with Crippen molar-refractivity contribution in [3.05, 3.63) is 52.0 Å². The van der Waals surface area contributed by atoms with Crippen LogP contribution >= 0.6 is 23.2 Å². The summed E-state index contributed by atoms with van der Waals surface area (Å²) in [6.07, 6.45) is 5.78. The Morgan fingerprint density at radius 2 is 1.71 bits per heavy atom. The van der Waals surface area contributed by atoms with Crippen LogP contribution in [-0.2, 0) is 19.6 Å². The van der Waals surface area contributed by atoms with Gasteiger partial charge in [0.15, 0.2) is 0 Å². The highest BCUT2D eigenvalue weighted by Crippen LogP contribution is 2.41. The van der Waals surface area contributed by atoms with E-state index >= 15 is 0 Å². The number of para-hydroxylation sites is 2. The molecule has 1 aliphatic carbocycles. The molecule has 1 heterocycles. The third kappa shape index (κ3) is 5.04. The Balaban J connectivity index is 1.72. The molecule has 0 aromatic heterocycles. The smallest absolute Gasteiger partial charge is 0.268 e. The van der Waals surface area contributed by atoms with Crippen LogP contribution in [0, 0.1) is 6.92 Å². The molecule has 0 spiro atoms. The molecule has 2 aromatic carbocycles. The van der Waals surface area contributed by atoms with E-state index in [9.17, 15) is 18.0 Å². The Morgan fingerprint density at radius 3 is 2.35 bits per heavy atom. The number of amides is 2. The molecule has 0 radical (unpaired) electrons. The van der Waals surface area contributed by atoms with E-state index in [1.165, 1.54) is 12.1 Å². The van der Waals surface area contributed by atoms with Crippen LogP contribution in [0.3, 0.4) is 0 Å². The summed E-state index contributed by atoms with van der Waals surface area (Å²) < 4.78 is 28.8. The van der Waals surface area contributed by atoms with Crippen molar-refractivity contribution < 1.29 is 18.0 Å². The van der Waals surface area contributed by atoms with Gasteiger partial charge in [-0.3, -0.25) is 13.9 Å². The van der Waals surface area contributed by atoms with E-state index in [1.807, 2.05) is 0 Å². The Kier molecular flexibility index (Phi) is 7.40. The SMILES string of the molecule is Cc1cc(Cl)c(S(=O)(=O)N2c3ccccc3NC(=O)C2CC(=O)NC2CCCCCC2)c(Cl)c1. The number of nitrogens with one attached hydrogen (secondary N) is 2. The molecule has 34 heavy (non-hydrogen) atoms. The fraction of sp³-hybridized carbons (Fsp3) is 0.417. The number of halogens is 2. The first-order valence-electron chi connectivity index (χ1n) is 11.4. The van der Waals surface area contributed by atoms with Crippen LogP contribution in [0.2, 0.25) is 10.0 Å². The van der Waals surface area contributed by atoms with Crippen molar-refractivity contribution in [1.82, 2.24) is 5.32 Å². The topological polar surface area (TPSA) is 95.6 Å². The number of rotatable bonds is 5. The van der Waals surface area contributed by atoms with Gasteiger partial charge in [-0.15, -0.1) is 0 Å². The average molecular weight is 524 g/mol. The maximum Gasteiger partial charge on any atom is 0.268 e. The van der Waals surface area contributed by atoms with Crippen LogP contribution in [-0.4, -0.2) is 32.3 Å². The summed E-state index contributed by atoms with van der Waals surface area (Å²) >= 11 is 12.7. The second kappa shape index (κ2) is 10.1. The van der Waals surface area contributed by atoms with Gasteiger partial charge in [0.25, 0.3) is 10.0 Å². The molecule has 1 saturated carbocycles. The molecule has 2 aromatic rings. The van der Waals surface area contributed by atoms with Crippen LogP contribution in [0.4, 0.5) is 11.4 Å². The summed E-state index contributed by atoms with van der Waals surface area (Å²) in [6.45, 7) is 1.75. The standard InChI is InChI=1S/C24H27Cl2N3O4S/c1-15-12-17(25)23(18(26)13-15)34(32,33)29-20-11-7-6-10-19(20)28-24(31)21(29)14-22(30)27-16-8-4-2-3-5-9-16/h6-7,10-13,16,21H,2-5,8-9,14H2,1H3,(H,27,30)(H,28,31). The van der Waals surface area contributed by atoms with Crippen LogP contribution in [0.25, 0.3) is 0 Å². The summed E-state index contributed by atoms with van der Waals surface area (Å²) in [4.78, 5) is 25.8. The number of anilines is 2. The largest absolute Gasteiger partial charge is 0.353 e. The second-order valence-electron chi connectivity index (χ2n) is 8.84. The zero-order valence-electron chi connectivity index (χ0n) is 18.8. The highest BCUT2D eigenvalue weighted by atomic mass is 35.5. The normalized spacial score (nSPS) is 19.2. The molecule has 0 saturated heterocycles. The summed E-state index contributed by atoms with van der Waals surface area (Å²) in [5.41, 5.74) is 1.28. The molecule has 182 valence electrons. The number of carbonyl (C=O) groups excluding carboxylic acids is 2. The Labute approximate surface area is 209 Å². The number of sulfonamides is 1. The van der Waals surface area contributed by atoms with Gasteiger partial charge >= 0.3 is 0 Å². The zero-order chi connectivity index (χ0) is 24.5. The minimum Gasteiger partial charge on any atom is -0.353 e. The second-order valence-corrected chi connectivity index (χ2v) is 11.4. The minimum absolute atomic E-state index is 0.0278. The number of hydrogen-bond donors (Lipinski definition) is 2. The third-order valence-corrected chi connectivity index (χ3v) is 8.99. The van der Waals surface area contributed by atoms with Crippen LogP contribution in [0.15, 0.2) is 41.3 Å². The number of fused-ring (bicyclic) bond motifs is 1. The highest BCUT2D eigenvalue weighted by molar-refractivity contribution is 7.93. The van der Waals surface area contributed by atoms with Crippen molar-refractivity contribution in [1.29, 1.82) is 0 Å². The van der Waals surface area contributed by atoms with Crippen molar-refractivity contribution in [2.45, 2.75) is 68.8 Å². The monoisotopic (exact) mass is 523 g/mol. The Hall–Kier alpha value is -2.29. The minimum atomic E-state index is -4.39. The maximum atomic E-state index is 13.9. The summed E-state index contributed by atoms with van der Waals surface area (Å²) in [6, 6.07) is 8.29. The first kappa shape index (κ1) is 24.8. The summed E-state index contributed by atoms with van der Waals surface area (Å²) in [5, 5.41) is 5.64. The van der Waals surface area contributed by atoms with Crippen molar-refractivity contribution >= 4 is 56.4 Å². The Morgan fingerprint density at radius 1 is 1.09 bits per heavy atom. The van der Waals surface area contributed by atoms with E-state index in [-0.39, 0.29) is 39.0 Å². The lowest BCUT2D eigenvalue weighted by Gasteiger charge is -2.37. The van der Waals surface area contributed by atoms with Gasteiger partial charge in [0.1, 0.15) is 10.9 Å². The lowest BCUT2D eigenvalue weighted by atomic mass is 10.1. The van der Waals surface area contributed by atoms with Gasteiger partial charge < -0.3 is 10.6 Å². The van der Waals surface area contributed by atoms with Gasteiger partial charge in [-0.2, -0.15) is 0 Å². The molecule has 2 aliphatic rings. The summed E-state index contributed by atoms with van der Waals surface area (Å²) in [5.74, 6) is -0.953. The molecule has 1 aliphatic heterocycles. The van der Waals surface area contributed by atoms with E-state index in [4.69, 9.17) is 23.2 Å². The first-order chi connectivity index (χ1) is 16.2. The van der Waals surface area contributed by atoms with Gasteiger partial charge in [-0.1, -0.05) is 61.0 Å². The van der Waals surface area contributed by atoms with Gasteiger partial charge in [-0.05, 0) is 49.6 Å². The molecule has 0 bridgehead atoms. The number of benzene rings is 2. The fourth-order valence-corrected chi connectivity index (χ4v) is 7.56. The van der Waals surface area contributed by atoms with Crippen molar-refractivity contribution in [3.63, 3.8) is 0 Å². The molecule has 1 unspecified atom stereocenters. The van der Waals surface area contributed by atoms with E-state index in [2.05, 4.69) is 10.6 Å². The maximum absolute atomic E-state index is 13.9. The average Bonchev–Trinajstić information content (AvgIpc) is 3.01. The van der Waals surface area contributed by atoms with Gasteiger partial charge in [0.05, 0.1) is 27.8 Å². The van der Waals surface area contributed by atoms with E-state index in [0.717, 1.165) is 42.8 Å². The molecule has 1 atom stereocenters. The number of aryl methyl sites for hydroxylation is 1. The van der Waals surface area contributed by atoms with Gasteiger partial charge in [-0.25, -0.2) is 8.42 Å². The molecular formula is C24H27Cl2N3O4S. The molecule has 10 heteroatoms. The molecular weight excluding hydrogens is 497 g/mol. The van der Waals surface area contributed by atoms with Crippen molar-refractivity contribution in [2.24, 2.45) is 0 Å². The van der Waals surface area contributed by atoms with Crippen molar-refractivity contribution in [3.8, 4) is 0 Å².